The summed E-state index contributed by atoms with van der Waals surface area (Å²) in [5, 5.41) is 0. The molecule has 0 heterocycles. The highest BCUT2D eigenvalue weighted by molar-refractivity contribution is 5.93. The standard InChI is InChI=1S/C28H49NO4/c1-4-5-6-7-8-9-10-11-12-13-14-15-16-17-18-23-28(32)33-27-22-20-19-21-26(27)29(24(2)30)25(3)31/h11-12,26-27H,4-10,13-23H2,1-3H3/b12-11+. The normalized spacial score (nSPS) is 18.4. The van der Waals surface area contributed by atoms with E-state index in [2.05, 4.69) is 19.1 Å². The maximum atomic E-state index is 12.3. The smallest absolute Gasteiger partial charge is 0.306 e. The van der Waals surface area contributed by atoms with Crippen molar-refractivity contribution in [2.24, 2.45) is 0 Å². The minimum atomic E-state index is -0.359. The Bertz CT molecular complexity index is 572. The molecule has 0 spiro atoms. The van der Waals surface area contributed by atoms with Crippen molar-refractivity contribution < 1.29 is 19.1 Å². The third-order valence-corrected chi connectivity index (χ3v) is 6.60. The highest BCUT2D eigenvalue weighted by atomic mass is 16.5. The van der Waals surface area contributed by atoms with Gasteiger partial charge >= 0.3 is 5.97 Å². The number of imide groups is 1. The van der Waals surface area contributed by atoms with Crippen LogP contribution in [0.2, 0.25) is 0 Å². The van der Waals surface area contributed by atoms with Crippen LogP contribution in [0.3, 0.4) is 0 Å². The Hall–Kier alpha value is -1.65. The zero-order valence-corrected chi connectivity index (χ0v) is 21.6. The molecule has 2 unspecified atom stereocenters. The van der Waals surface area contributed by atoms with E-state index < -0.39 is 0 Å². The van der Waals surface area contributed by atoms with Crippen molar-refractivity contribution >= 4 is 17.8 Å². The fourth-order valence-corrected chi connectivity index (χ4v) is 4.77. The van der Waals surface area contributed by atoms with Gasteiger partial charge in [0.05, 0.1) is 6.04 Å². The van der Waals surface area contributed by atoms with Crippen LogP contribution in [0.4, 0.5) is 0 Å². The monoisotopic (exact) mass is 463 g/mol. The first-order valence-corrected chi connectivity index (χ1v) is 13.6. The van der Waals surface area contributed by atoms with Crippen LogP contribution >= 0.6 is 0 Å². The van der Waals surface area contributed by atoms with Crippen LogP contribution in [-0.2, 0) is 19.1 Å². The summed E-state index contributed by atoms with van der Waals surface area (Å²) < 4.78 is 5.71. The highest BCUT2D eigenvalue weighted by Gasteiger charge is 2.36. The molecule has 0 bridgehead atoms. The van der Waals surface area contributed by atoms with Crippen molar-refractivity contribution in [2.45, 2.75) is 148 Å². The van der Waals surface area contributed by atoms with Crippen LogP contribution in [0.5, 0.6) is 0 Å². The van der Waals surface area contributed by atoms with E-state index in [1.807, 2.05) is 0 Å². The molecule has 0 saturated heterocycles. The molecule has 0 aromatic carbocycles. The summed E-state index contributed by atoms with van der Waals surface area (Å²) in [4.78, 5) is 37.4. The van der Waals surface area contributed by atoms with Gasteiger partial charge in [0, 0.05) is 20.3 Å². The van der Waals surface area contributed by atoms with E-state index in [4.69, 9.17) is 4.74 Å². The first-order chi connectivity index (χ1) is 16.0. The Morgan fingerprint density at radius 3 is 1.85 bits per heavy atom. The van der Waals surface area contributed by atoms with Crippen molar-refractivity contribution in [1.82, 2.24) is 4.90 Å². The van der Waals surface area contributed by atoms with Gasteiger partial charge in [-0.25, -0.2) is 0 Å². The number of allylic oxidation sites excluding steroid dienone is 2. The minimum Gasteiger partial charge on any atom is -0.460 e. The molecule has 1 aliphatic carbocycles. The van der Waals surface area contributed by atoms with Crippen LogP contribution < -0.4 is 0 Å². The lowest BCUT2D eigenvalue weighted by Crippen LogP contribution is -2.51. The number of hydrogen-bond donors (Lipinski definition) is 0. The Kier molecular flexibility index (Phi) is 16.7. The van der Waals surface area contributed by atoms with Gasteiger partial charge in [0.2, 0.25) is 11.8 Å². The summed E-state index contributed by atoms with van der Waals surface area (Å²) >= 11 is 0. The second-order valence-corrected chi connectivity index (χ2v) is 9.62. The molecule has 0 aromatic rings. The summed E-state index contributed by atoms with van der Waals surface area (Å²) in [5.74, 6) is -0.739. The van der Waals surface area contributed by atoms with E-state index in [0.29, 0.717) is 12.8 Å². The zero-order valence-electron chi connectivity index (χ0n) is 21.6. The number of rotatable bonds is 17. The van der Waals surface area contributed by atoms with Gasteiger partial charge in [-0.3, -0.25) is 19.3 Å². The molecule has 190 valence electrons. The molecule has 0 radical (unpaired) electrons. The molecule has 0 N–H and O–H groups in total. The van der Waals surface area contributed by atoms with Crippen LogP contribution in [-0.4, -0.2) is 34.8 Å². The summed E-state index contributed by atoms with van der Waals surface area (Å²) in [5.41, 5.74) is 0. The average Bonchev–Trinajstić information content (AvgIpc) is 2.77. The van der Waals surface area contributed by atoms with Crippen LogP contribution in [0.25, 0.3) is 0 Å². The van der Waals surface area contributed by atoms with Crippen LogP contribution in [0.1, 0.15) is 136 Å². The number of unbranched alkanes of at least 4 members (excludes halogenated alkanes) is 11. The number of amides is 2. The second kappa shape index (κ2) is 18.7. The predicted molar refractivity (Wildman–Crippen MR) is 135 cm³/mol. The summed E-state index contributed by atoms with van der Waals surface area (Å²) in [7, 11) is 0. The summed E-state index contributed by atoms with van der Waals surface area (Å²) in [6, 6.07) is -0.313. The molecule has 1 saturated carbocycles. The Morgan fingerprint density at radius 1 is 0.758 bits per heavy atom. The number of hydrogen-bond acceptors (Lipinski definition) is 4. The van der Waals surface area contributed by atoms with Gasteiger partial charge in [0.15, 0.2) is 0 Å². The van der Waals surface area contributed by atoms with Crippen molar-refractivity contribution in [2.75, 3.05) is 0 Å². The molecule has 2 amide bonds. The highest BCUT2D eigenvalue weighted by Crippen LogP contribution is 2.27. The maximum absolute atomic E-state index is 12.3. The molecule has 1 aliphatic rings. The number of carbonyl (C=O) groups is 3. The van der Waals surface area contributed by atoms with Gasteiger partial charge in [-0.1, -0.05) is 76.9 Å². The van der Waals surface area contributed by atoms with E-state index in [0.717, 1.165) is 44.9 Å². The first-order valence-electron chi connectivity index (χ1n) is 13.6. The van der Waals surface area contributed by atoms with Gasteiger partial charge < -0.3 is 4.74 Å². The van der Waals surface area contributed by atoms with E-state index >= 15 is 0 Å². The Labute approximate surface area is 202 Å². The number of esters is 1. The van der Waals surface area contributed by atoms with E-state index in [-0.39, 0.29) is 29.9 Å². The Balaban J connectivity index is 2.09. The number of carbonyl (C=O) groups excluding carboxylic acids is 3. The molecular formula is C28H49NO4. The molecule has 0 aliphatic heterocycles. The topological polar surface area (TPSA) is 63.7 Å². The van der Waals surface area contributed by atoms with Crippen LogP contribution in [0, 0.1) is 0 Å². The fraction of sp³-hybridized carbons (Fsp3) is 0.821. The maximum Gasteiger partial charge on any atom is 0.306 e. The lowest BCUT2D eigenvalue weighted by molar-refractivity contribution is -0.162. The molecule has 33 heavy (non-hydrogen) atoms. The van der Waals surface area contributed by atoms with Gasteiger partial charge in [0.1, 0.15) is 6.10 Å². The molecule has 0 aromatic heterocycles. The predicted octanol–water partition coefficient (Wildman–Crippen LogP) is 7.27. The van der Waals surface area contributed by atoms with Gasteiger partial charge in [-0.15, -0.1) is 0 Å². The minimum absolute atomic E-state index is 0.198. The largest absolute Gasteiger partial charge is 0.460 e. The first kappa shape index (κ1) is 29.4. The lowest BCUT2D eigenvalue weighted by atomic mass is 9.91. The quantitative estimate of drug-likeness (QED) is 0.129. The van der Waals surface area contributed by atoms with E-state index in [9.17, 15) is 14.4 Å². The average molecular weight is 464 g/mol. The summed E-state index contributed by atoms with van der Waals surface area (Å²) in [6.45, 7) is 5.06. The third kappa shape index (κ3) is 13.6. The molecule has 5 nitrogen and oxygen atoms in total. The number of nitrogens with zero attached hydrogens (tertiary/aromatic N) is 1. The van der Waals surface area contributed by atoms with E-state index in [1.165, 1.54) is 76.5 Å². The second-order valence-electron chi connectivity index (χ2n) is 9.62. The van der Waals surface area contributed by atoms with Crippen molar-refractivity contribution in [1.29, 1.82) is 0 Å². The Morgan fingerprint density at radius 2 is 1.27 bits per heavy atom. The molecule has 1 fully saturated rings. The molecular weight excluding hydrogens is 414 g/mol. The van der Waals surface area contributed by atoms with Crippen molar-refractivity contribution in [3.8, 4) is 0 Å². The van der Waals surface area contributed by atoms with E-state index in [1.54, 1.807) is 0 Å². The zero-order chi connectivity index (χ0) is 24.3. The van der Waals surface area contributed by atoms with Gasteiger partial charge in [-0.2, -0.15) is 0 Å². The van der Waals surface area contributed by atoms with Crippen molar-refractivity contribution in [3.63, 3.8) is 0 Å². The molecule has 5 heteroatoms. The van der Waals surface area contributed by atoms with Crippen LogP contribution in [0.15, 0.2) is 12.2 Å². The molecule has 2 atom stereocenters. The lowest BCUT2D eigenvalue weighted by Gasteiger charge is -2.37. The molecule has 1 rings (SSSR count). The third-order valence-electron chi connectivity index (χ3n) is 6.60. The SMILES string of the molecule is CCCCCCCC/C=C/CCCCCCCC(=O)OC1CCCCC1N(C(C)=O)C(C)=O. The summed E-state index contributed by atoms with van der Waals surface area (Å²) in [6.07, 6.45) is 24.0. The van der Waals surface area contributed by atoms with Crippen molar-refractivity contribution in [3.05, 3.63) is 12.2 Å². The number of ether oxygens (including phenoxy) is 1. The van der Waals surface area contributed by atoms with Gasteiger partial charge in [0.25, 0.3) is 0 Å². The fourth-order valence-electron chi connectivity index (χ4n) is 4.77. The van der Waals surface area contributed by atoms with Gasteiger partial charge in [-0.05, 0) is 51.4 Å².